The molecule has 1 aromatic carbocycles. The summed E-state index contributed by atoms with van der Waals surface area (Å²) in [7, 11) is 0. The van der Waals surface area contributed by atoms with E-state index in [1.807, 2.05) is 0 Å². The Labute approximate surface area is 103 Å². The number of phenolic OH excluding ortho intramolecular Hbond substituents is 1. The molecule has 0 saturated heterocycles. The number of alkyl halides is 6. The van der Waals surface area contributed by atoms with Crippen molar-refractivity contribution >= 4 is 0 Å². The third kappa shape index (κ3) is 1.39. The fraction of sp³-hybridized carbons (Fsp3) is 0.455. The van der Waals surface area contributed by atoms with Crippen LogP contribution in [-0.2, 0) is 0 Å². The summed E-state index contributed by atoms with van der Waals surface area (Å²) in [5, 5.41) is 8.92. The zero-order chi connectivity index (χ0) is 14.7. The number of benzene rings is 1. The number of hydrogen-bond donors (Lipinski definition) is 1. The van der Waals surface area contributed by atoms with E-state index < -0.39 is 29.1 Å². The van der Waals surface area contributed by atoms with Crippen molar-refractivity contribution in [1.82, 2.24) is 0 Å². The highest BCUT2D eigenvalue weighted by molar-refractivity contribution is 5.34. The van der Waals surface area contributed by atoms with Gasteiger partial charge in [-0.3, -0.25) is 0 Å². The van der Waals surface area contributed by atoms with Crippen molar-refractivity contribution in [3.8, 4) is 11.5 Å². The lowest BCUT2D eigenvalue weighted by Crippen LogP contribution is -2.86. The number of phenols is 1. The molecule has 1 aromatic rings. The maximum absolute atomic E-state index is 13.9. The normalized spacial score (nSPS) is 35.5. The highest BCUT2D eigenvalue weighted by atomic mass is 19.3. The first kappa shape index (κ1) is 13.8. The van der Waals surface area contributed by atoms with Crippen molar-refractivity contribution in [2.45, 2.75) is 30.3 Å². The molecule has 0 heterocycles. The van der Waals surface area contributed by atoms with E-state index in [2.05, 4.69) is 4.74 Å². The first-order valence-corrected chi connectivity index (χ1v) is 5.09. The van der Waals surface area contributed by atoms with E-state index >= 15 is 0 Å². The first-order valence-electron chi connectivity index (χ1n) is 5.09. The third-order valence-corrected chi connectivity index (χ3v) is 3.09. The highest BCUT2D eigenvalue weighted by Gasteiger charge is 2.98. The van der Waals surface area contributed by atoms with Crippen molar-refractivity contribution in [2.75, 3.05) is 0 Å². The van der Waals surface area contributed by atoms with Gasteiger partial charge >= 0.3 is 17.7 Å². The summed E-state index contributed by atoms with van der Waals surface area (Å²) < 4.78 is 83.4. The average molecular weight is 286 g/mol. The van der Waals surface area contributed by atoms with E-state index in [-0.39, 0.29) is 12.7 Å². The van der Waals surface area contributed by atoms with Gasteiger partial charge in [-0.05, 0) is 31.2 Å². The van der Waals surface area contributed by atoms with E-state index in [1.165, 1.54) is 0 Å². The predicted octanol–water partition coefficient (Wildman–Crippen LogP) is 3.45. The Morgan fingerprint density at radius 2 is 1.37 bits per heavy atom. The van der Waals surface area contributed by atoms with E-state index in [9.17, 15) is 26.3 Å². The van der Waals surface area contributed by atoms with Crippen LogP contribution in [0, 0.1) is 0 Å². The molecule has 0 amide bonds. The van der Waals surface area contributed by atoms with Crippen molar-refractivity contribution < 1.29 is 36.2 Å². The van der Waals surface area contributed by atoms with Crippen LogP contribution in [0.4, 0.5) is 26.3 Å². The molecule has 1 aliphatic carbocycles. The minimum atomic E-state index is -5.30. The predicted molar refractivity (Wildman–Crippen MR) is 52.0 cm³/mol. The topological polar surface area (TPSA) is 29.5 Å². The van der Waals surface area contributed by atoms with Gasteiger partial charge in [0.05, 0.1) is 0 Å². The number of rotatable bonds is 2. The molecule has 2 nitrogen and oxygen atoms in total. The molecule has 19 heavy (non-hydrogen) atoms. The van der Waals surface area contributed by atoms with Crippen LogP contribution >= 0.6 is 0 Å². The van der Waals surface area contributed by atoms with Crippen LogP contribution in [0.2, 0.25) is 0 Å². The van der Waals surface area contributed by atoms with Gasteiger partial charge in [0.25, 0.3) is 5.67 Å². The third-order valence-electron chi connectivity index (χ3n) is 3.09. The molecular weight excluding hydrogens is 278 g/mol. The minimum absolute atomic E-state index is 0.00478. The fourth-order valence-electron chi connectivity index (χ4n) is 1.77. The van der Waals surface area contributed by atoms with Crippen LogP contribution in [0.15, 0.2) is 24.3 Å². The summed E-state index contributed by atoms with van der Waals surface area (Å²) in [6, 6.07) is 3.59. The zero-order valence-corrected chi connectivity index (χ0v) is 9.43. The maximum Gasteiger partial charge on any atom is 0.385 e. The van der Waals surface area contributed by atoms with Crippen LogP contribution in [-0.4, -0.2) is 28.5 Å². The minimum Gasteiger partial charge on any atom is -0.508 e. The van der Waals surface area contributed by atoms with Crippen LogP contribution in [0.3, 0.4) is 0 Å². The van der Waals surface area contributed by atoms with Crippen LogP contribution in [0.25, 0.3) is 0 Å². The molecule has 1 N–H and O–H groups in total. The van der Waals surface area contributed by atoms with Crippen LogP contribution in [0.1, 0.15) is 6.92 Å². The smallest absolute Gasteiger partial charge is 0.385 e. The molecule has 0 spiro atoms. The van der Waals surface area contributed by atoms with Crippen LogP contribution in [0.5, 0.6) is 11.5 Å². The molecular formula is C11H8F6O2. The van der Waals surface area contributed by atoms with Gasteiger partial charge in [-0.1, -0.05) is 0 Å². The van der Waals surface area contributed by atoms with Crippen molar-refractivity contribution in [3.63, 3.8) is 0 Å². The van der Waals surface area contributed by atoms with Gasteiger partial charge in [0, 0.05) is 0 Å². The molecule has 0 aromatic heterocycles. The SMILES string of the molecule is CC1(F)C(F)(F)C(F)(F)C1(F)Oc1ccc(O)cc1. The van der Waals surface area contributed by atoms with Gasteiger partial charge in [-0.25, -0.2) is 4.39 Å². The summed E-state index contributed by atoms with van der Waals surface area (Å²) in [4.78, 5) is 0. The number of aromatic hydroxyl groups is 1. The first-order chi connectivity index (χ1) is 8.47. The van der Waals surface area contributed by atoms with E-state index in [0.717, 1.165) is 24.3 Å². The van der Waals surface area contributed by atoms with Gasteiger partial charge in [0.15, 0.2) is 0 Å². The second kappa shape index (κ2) is 3.49. The van der Waals surface area contributed by atoms with Crippen molar-refractivity contribution in [2.24, 2.45) is 0 Å². The van der Waals surface area contributed by atoms with Crippen molar-refractivity contribution in [3.05, 3.63) is 24.3 Å². The molecule has 8 heteroatoms. The Morgan fingerprint density at radius 1 is 0.895 bits per heavy atom. The molecule has 106 valence electrons. The Bertz CT molecular complexity index is 478. The summed E-state index contributed by atoms with van der Waals surface area (Å²) >= 11 is 0. The van der Waals surface area contributed by atoms with Crippen LogP contribution < -0.4 is 4.74 Å². The lowest BCUT2D eigenvalue weighted by molar-refractivity contribution is -0.480. The van der Waals surface area contributed by atoms with E-state index in [4.69, 9.17) is 5.11 Å². The molecule has 2 atom stereocenters. The standard InChI is InChI=1S/C11H8F6O2/c1-8(12)9(13,14)10(15,16)11(8,17)19-7-4-2-6(18)3-5-7/h2-5,18H,1H3. The Balaban J connectivity index is 2.36. The lowest BCUT2D eigenvalue weighted by Gasteiger charge is -2.55. The number of halogens is 6. The molecule has 0 radical (unpaired) electrons. The van der Waals surface area contributed by atoms with Gasteiger partial charge in [-0.15, -0.1) is 0 Å². The molecule has 1 fully saturated rings. The molecule has 2 rings (SSSR count). The molecule has 1 saturated carbocycles. The van der Waals surface area contributed by atoms with Gasteiger partial charge in [0.2, 0.25) is 0 Å². The van der Waals surface area contributed by atoms with Crippen molar-refractivity contribution in [1.29, 1.82) is 0 Å². The fourth-order valence-corrected chi connectivity index (χ4v) is 1.77. The lowest BCUT2D eigenvalue weighted by atomic mass is 9.69. The number of hydrogen-bond acceptors (Lipinski definition) is 2. The molecule has 0 aliphatic heterocycles. The summed E-state index contributed by atoms with van der Waals surface area (Å²) in [6.07, 6.45) is 0. The van der Waals surface area contributed by atoms with Gasteiger partial charge in [-0.2, -0.15) is 22.0 Å². The monoisotopic (exact) mass is 286 g/mol. The average Bonchev–Trinajstić information content (AvgIpc) is 2.30. The summed E-state index contributed by atoms with van der Waals surface area (Å²) in [5.41, 5.74) is -4.18. The summed E-state index contributed by atoms with van der Waals surface area (Å²) in [6.45, 7) is 0.00478. The second-order valence-electron chi connectivity index (χ2n) is 4.34. The van der Waals surface area contributed by atoms with Gasteiger partial charge in [0.1, 0.15) is 11.5 Å². The largest absolute Gasteiger partial charge is 0.508 e. The Kier molecular flexibility index (Phi) is 2.54. The number of ether oxygens (including phenoxy) is 1. The Morgan fingerprint density at radius 3 is 1.79 bits per heavy atom. The van der Waals surface area contributed by atoms with E-state index in [1.54, 1.807) is 0 Å². The molecule has 2 unspecified atom stereocenters. The second-order valence-corrected chi connectivity index (χ2v) is 4.34. The molecule has 1 aliphatic rings. The quantitative estimate of drug-likeness (QED) is 0.844. The summed E-state index contributed by atoms with van der Waals surface area (Å²) in [5.74, 6) is -15.9. The maximum atomic E-state index is 13.9. The Hall–Kier alpha value is -1.60. The highest BCUT2D eigenvalue weighted by Crippen LogP contribution is 2.67. The molecule has 0 bridgehead atoms. The van der Waals surface area contributed by atoms with Gasteiger partial charge < -0.3 is 9.84 Å². The van der Waals surface area contributed by atoms with E-state index in [0.29, 0.717) is 0 Å². The zero-order valence-electron chi connectivity index (χ0n) is 9.43.